The van der Waals surface area contributed by atoms with Crippen LogP contribution in [0.1, 0.15) is 16.7 Å². The number of benzene rings is 2. The molecule has 0 aliphatic carbocycles. The molecule has 0 aliphatic heterocycles. The first-order valence-electron chi connectivity index (χ1n) is 7.74. The fourth-order valence-electron chi connectivity index (χ4n) is 2.44. The van der Waals surface area contributed by atoms with E-state index in [1.165, 1.54) is 6.07 Å². The quantitative estimate of drug-likeness (QED) is 0.580. The second-order valence-electron chi connectivity index (χ2n) is 6.06. The van der Waals surface area contributed by atoms with Gasteiger partial charge >= 0.3 is 0 Å². The molecule has 0 atom stereocenters. The van der Waals surface area contributed by atoms with E-state index in [1.807, 2.05) is 43.1 Å². The van der Waals surface area contributed by atoms with Crippen LogP contribution in [0.3, 0.4) is 0 Å². The minimum Gasteiger partial charge on any atom is -0.319 e. The molecule has 2 rings (SSSR count). The lowest BCUT2D eigenvalue weighted by Gasteiger charge is -2.17. The predicted molar refractivity (Wildman–Crippen MR) is 102 cm³/mol. The smallest absolute Gasteiger partial charge is 0.293 e. The maximum absolute atomic E-state index is 12.3. The van der Waals surface area contributed by atoms with Crippen molar-refractivity contribution in [2.24, 2.45) is 0 Å². The molecule has 0 heterocycles. The van der Waals surface area contributed by atoms with Crippen molar-refractivity contribution in [3.05, 3.63) is 67.7 Å². The first kappa shape index (κ1) is 19.1. The molecule has 2 aromatic rings. The van der Waals surface area contributed by atoms with Crippen LogP contribution < -0.4 is 5.32 Å². The molecule has 0 aromatic heterocycles. The SMILES string of the molecule is Cc1cc(NC(=O)CN(C)Cc2ccc(Br)cc2)c([N+](=O)[O-])cc1C. The summed E-state index contributed by atoms with van der Waals surface area (Å²) in [6.45, 7) is 4.41. The van der Waals surface area contributed by atoms with E-state index in [4.69, 9.17) is 0 Å². The van der Waals surface area contributed by atoms with E-state index in [1.54, 1.807) is 13.0 Å². The van der Waals surface area contributed by atoms with E-state index >= 15 is 0 Å². The number of hydrogen-bond acceptors (Lipinski definition) is 4. The molecule has 1 amide bonds. The number of amides is 1. The largest absolute Gasteiger partial charge is 0.319 e. The summed E-state index contributed by atoms with van der Waals surface area (Å²) < 4.78 is 0.999. The number of nitro groups is 1. The number of aryl methyl sites for hydroxylation is 2. The normalized spacial score (nSPS) is 10.8. The van der Waals surface area contributed by atoms with Gasteiger partial charge in [-0.2, -0.15) is 0 Å². The third-order valence-corrected chi connectivity index (χ3v) is 4.39. The van der Waals surface area contributed by atoms with E-state index in [0.29, 0.717) is 6.54 Å². The number of hydrogen-bond donors (Lipinski definition) is 1. The number of nitrogens with zero attached hydrogens (tertiary/aromatic N) is 2. The average Bonchev–Trinajstić information content (AvgIpc) is 2.52. The topological polar surface area (TPSA) is 75.5 Å². The van der Waals surface area contributed by atoms with E-state index in [2.05, 4.69) is 21.2 Å². The van der Waals surface area contributed by atoms with Crippen molar-refractivity contribution in [3.8, 4) is 0 Å². The van der Waals surface area contributed by atoms with Gasteiger partial charge < -0.3 is 5.32 Å². The Kier molecular flexibility index (Phi) is 6.27. The van der Waals surface area contributed by atoms with Crippen LogP contribution in [0.2, 0.25) is 0 Å². The van der Waals surface area contributed by atoms with E-state index < -0.39 is 4.92 Å². The van der Waals surface area contributed by atoms with Gasteiger partial charge in [-0.15, -0.1) is 0 Å². The van der Waals surface area contributed by atoms with Crippen LogP contribution in [0.25, 0.3) is 0 Å². The van der Waals surface area contributed by atoms with Gasteiger partial charge in [0.05, 0.1) is 11.5 Å². The van der Waals surface area contributed by atoms with Crippen molar-refractivity contribution in [1.82, 2.24) is 4.90 Å². The summed E-state index contributed by atoms with van der Waals surface area (Å²) in [5, 5.41) is 13.9. The van der Waals surface area contributed by atoms with Gasteiger partial charge in [-0.1, -0.05) is 28.1 Å². The Hall–Kier alpha value is -2.25. The Bertz CT molecular complexity index is 791. The Morgan fingerprint density at radius 2 is 1.80 bits per heavy atom. The molecular weight excluding hydrogens is 386 g/mol. The lowest BCUT2D eigenvalue weighted by atomic mass is 10.1. The van der Waals surface area contributed by atoms with Gasteiger partial charge in [0.25, 0.3) is 5.69 Å². The molecule has 0 aliphatic rings. The molecular formula is C18H20BrN3O3. The van der Waals surface area contributed by atoms with Crippen LogP contribution in [0.15, 0.2) is 40.9 Å². The lowest BCUT2D eigenvalue weighted by Crippen LogP contribution is -2.30. The summed E-state index contributed by atoms with van der Waals surface area (Å²) in [5.41, 5.74) is 2.93. The molecule has 0 radical (unpaired) electrons. The number of carbonyl (C=O) groups is 1. The van der Waals surface area contributed by atoms with Crippen LogP contribution in [-0.2, 0) is 11.3 Å². The summed E-state index contributed by atoms with van der Waals surface area (Å²) in [7, 11) is 1.83. The Labute approximate surface area is 155 Å². The van der Waals surface area contributed by atoms with Crippen molar-refractivity contribution in [2.45, 2.75) is 20.4 Å². The van der Waals surface area contributed by atoms with Gasteiger partial charge in [0, 0.05) is 17.1 Å². The Morgan fingerprint density at radius 3 is 2.40 bits per heavy atom. The molecule has 7 heteroatoms. The molecule has 6 nitrogen and oxygen atoms in total. The van der Waals surface area contributed by atoms with Crippen molar-refractivity contribution in [3.63, 3.8) is 0 Å². The first-order chi connectivity index (χ1) is 11.8. The predicted octanol–water partition coefficient (Wildman–Crippen LogP) is 4.04. The minimum atomic E-state index is -0.479. The summed E-state index contributed by atoms with van der Waals surface area (Å²) >= 11 is 3.39. The van der Waals surface area contributed by atoms with Crippen LogP contribution >= 0.6 is 15.9 Å². The summed E-state index contributed by atoms with van der Waals surface area (Å²) in [4.78, 5) is 24.8. The number of nitrogens with one attached hydrogen (secondary N) is 1. The molecule has 0 bridgehead atoms. The molecule has 25 heavy (non-hydrogen) atoms. The van der Waals surface area contributed by atoms with Crippen molar-refractivity contribution >= 4 is 33.2 Å². The van der Waals surface area contributed by atoms with E-state index in [9.17, 15) is 14.9 Å². The summed E-state index contributed by atoms with van der Waals surface area (Å²) in [6, 6.07) is 11.0. The molecule has 0 saturated carbocycles. The maximum atomic E-state index is 12.3. The number of anilines is 1. The minimum absolute atomic E-state index is 0.0907. The van der Waals surface area contributed by atoms with Crippen molar-refractivity contribution in [2.75, 3.05) is 18.9 Å². The van der Waals surface area contributed by atoms with Gasteiger partial charge in [0.2, 0.25) is 5.91 Å². The number of likely N-dealkylation sites (N-methyl/N-ethyl adjacent to an activating group) is 1. The number of carbonyl (C=O) groups excluding carboxylic acids is 1. The van der Waals surface area contributed by atoms with Crippen LogP contribution in [0.5, 0.6) is 0 Å². The molecule has 0 spiro atoms. The highest BCUT2D eigenvalue weighted by Gasteiger charge is 2.18. The lowest BCUT2D eigenvalue weighted by molar-refractivity contribution is -0.384. The first-order valence-corrected chi connectivity index (χ1v) is 8.54. The van der Waals surface area contributed by atoms with Gasteiger partial charge in [0.15, 0.2) is 0 Å². The van der Waals surface area contributed by atoms with Crippen molar-refractivity contribution in [1.29, 1.82) is 0 Å². The Morgan fingerprint density at radius 1 is 1.20 bits per heavy atom. The fourth-order valence-corrected chi connectivity index (χ4v) is 2.71. The van der Waals surface area contributed by atoms with Gasteiger partial charge in [0.1, 0.15) is 5.69 Å². The fraction of sp³-hybridized carbons (Fsp3) is 0.278. The number of nitro benzene ring substituents is 1. The highest BCUT2D eigenvalue weighted by Crippen LogP contribution is 2.27. The second kappa shape index (κ2) is 8.22. The van der Waals surface area contributed by atoms with Crippen LogP contribution in [0, 0.1) is 24.0 Å². The molecule has 132 valence electrons. The van der Waals surface area contributed by atoms with Gasteiger partial charge in [-0.25, -0.2) is 0 Å². The van der Waals surface area contributed by atoms with Crippen LogP contribution in [0.4, 0.5) is 11.4 Å². The van der Waals surface area contributed by atoms with Gasteiger partial charge in [-0.3, -0.25) is 19.8 Å². The summed E-state index contributed by atoms with van der Waals surface area (Å²) in [5.74, 6) is -0.286. The molecule has 0 fully saturated rings. The zero-order valence-electron chi connectivity index (χ0n) is 14.4. The summed E-state index contributed by atoms with van der Waals surface area (Å²) in [6.07, 6.45) is 0. The average molecular weight is 406 g/mol. The maximum Gasteiger partial charge on any atom is 0.293 e. The molecule has 2 aromatic carbocycles. The second-order valence-corrected chi connectivity index (χ2v) is 6.97. The number of rotatable bonds is 6. The van der Waals surface area contributed by atoms with E-state index in [0.717, 1.165) is 21.2 Å². The highest BCUT2D eigenvalue weighted by molar-refractivity contribution is 9.10. The molecule has 0 unspecified atom stereocenters. The number of halogens is 1. The Balaban J connectivity index is 2.03. The standard InChI is InChI=1S/C18H20BrN3O3/c1-12-8-16(17(22(24)25)9-13(12)2)20-18(23)11-21(3)10-14-4-6-15(19)7-5-14/h4-9H,10-11H2,1-3H3,(H,20,23). The molecule has 0 saturated heterocycles. The third kappa shape index (κ3) is 5.37. The van der Waals surface area contributed by atoms with Crippen molar-refractivity contribution < 1.29 is 9.72 Å². The van der Waals surface area contributed by atoms with Crippen LogP contribution in [-0.4, -0.2) is 29.3 Å². The third-order valence-electron chi connectivity index (χ3n) is 3.86. The zero-order chi connectivity index (χ0) is 18.6. The van der Waals surface area contributed by atoms with E-state index in [-0.39, 0.29) is 23.8 Å². The monoisotopic (exact) mass is 405 g/mol. The zero-order valence-corrected chi connectivity index (χ0v) is 16.0. The highest BCUT2D eigenvalue weighted by atomic mass is 79.9. The molecule has 1 N–H and O–H groups in total. The van der Waals surface area contributed by atoms with Gasteiger partial charge in [-0.05, 0) is 55.8 Å².